The van der Waals surface area contributed by atoms with Crippen molar-refractivity contribution < 1.29 is 29.0 Å². The molecule has 0 aromatic carbocycles. The first kappa shape index (κ1) is 13.2. The molecule has 1 unspecified atom stereocenters. The number of rotatable bonds is 5. The molecule has 0 bridgehead atoms. The van der Waals surface area contributed by atoms with Crippen LogP contribution in [-0.2, 0) is 26.2 Å². The monoisotopic (exact) mass is 242 g/mol. The summed E-state index contributed by atoms with van der Waals surface area (Å²) < 4.78 is 9.70. The highest BCUT2D eigenvalue weighted by atomic mass is 16.5. The highest BCUT2D eigenvalue weighted by Gasteiger charge is 2.47. The number of aliphatic carboxylic acids is 1. The molecule has 0 radical (unpaired) electrons. The third kappa shape index (κ3) is 2.31. The second-order valence-corrected chi connectivity index (χ2v) is 3.66. The van der Waals surface area contributed by atoms with E-state index in [0.29, 0.717) is 5.76 Å². The van der Waals surface area contributed by atoms with Crippen molar-refractivity contribution in [2.45, 2.75) is 18.8 Å². The van der Waals surface area contributed by atoms with Crippen LogP contribution in [0.2, 0.25) is 0 Å². The number of hydrogen-bond donors (Lipinski definition) is 2. The van der Waals surface area contributed by atoms with Gasteiger partial charge in [0.1, 0.15) is 11.5 Å². The maximum absolute atomic E-state index is 11.5. The summed E-state index contributed by atoms with van der Waals surface area (Å²) in [6, 6.07) is 2.92. The fourth-order valence-corrected chi connectivity index (χ4v) is 1.39. The van der Waals surface area contributed by atoms with Crippen LogP contribution in [0.15, 0.2) is 16.5 Å². The molecule has 0 fully saturated rings. The van der Waals surface area contributed by atoms with E-state index in [0.717, 1.165) is 7.11 Å². The molecule has 0 aliphatic rings. The van der Waals surface area contributed by atoms with E-state index in [9.17, 15) is 9.59 Å². The van der Waals surface area contributed by atoms with Crippen LogP contribution in [0.3, 0.4) is 0 Å². The third-order valence-corrected chi connectivity index (χ3v) is 2.53. The van der Waals surface area contributed by atoms with Crippen molar-refractivity contribution in [3.05, 3.63) is 23.7 Å². The quantitative estimate of drug-likeness (QED) is 0.570. The van der Waals surface area contributed by atoms with Crippen molar-refractivity contribution in [3.63, 3.8) is 0 Å². The Hall–Kier alpha value is -1.82. The van der Waals surface area contributed by atoms with E-state index < -0.39 is 17.4 Å². The van der Waals surface area contributed by atoms with Crippen LogP contribution in [0.5, 0.6) is 0 Å². The Morgan fingerprint density at radius 3 is 2.59 bits per heavy atom. The number of furan rings is 1. The number of carboxylic acid groups (broad SMARTS) is 1. The van der Waals surface area contributed by atoms with Gasteiger partial charge in [-0.2, -0.15) is 0 Å². The summed E-state index contributed by atoms with van der Waals surface area (Å²) >= 11 is 0. The van der Waals surface area contributed by atoms with Gasteiger partial charge < -0.3 is 19.4 Å². The molecule has 0 saturated heterocycles. The zero-order chi connectivity index (χ0) is 13.1. The lowest BCUT2D eigenvalue weighted by Gasteiger charge is -2.18. The standard InChI is InChI=1S/C11H14O6/c1-11(9(13)14,10(15)16-2)8-4-3-7(17-8)5-6-12/h3-4,12H,5-6H2,1-2H3,(H,13,14). The van der Waals surface area contributed by atoms with E-state index in [1.165, 1.54) is 19.1 Å². The van der Waals surface area contributed by atoms with Crippen LogP contribution in [0.25, 0.3) is 0 Å². The first-order chi connectivity index (χ1) is 7.96. The molecular formula is C11H14O6. The second-order valence-electron chi connectivity index (χ2n) is 3.66. The van der Waals surface area contributed by atoms with Gasteiger partial charge in [0, 0.05) is 6.42 Å². The Morgan fingerprint density at radius 1 is 1.47 bits per heavy atom. The average molecular weight is 242 g/mol. The van der Waals surface area contributed by atoms with Crippen molar-refractivity contribution in [2.24, 2.45) is 0 Å². The van der Waals surface area contributed by atoms with E-state index >= 15 is 0 Å². The fraction of sp³-hybridized carbons (Fsp3) is 0.455. The normalized spacial score (nSPS) is 14.1. The smallest absolute Gasteiger partial charge is 0.330 e. The second kappa shape index (κ2) is 5.01. The molecule has 0 amide bonds. The van der Waals surface area contributed by atoms with Crippen LogP contribution in [0.1, 0.15) is 18.4 Å². The first-order valence-corrected chi connectivity index (χ1v) is 4.98. The van der Waals surface area contributed by atoms with E-state index in [1.807, 2.05) is 0 Å². The molecule has 1 atom stereocenters. The molecule has 0 aliphatic heterocycles. The van der Waals surface area contributed by atoms with Gasteiger partial charge in [-0.1, -0.05) is 0 Å². The lowest BCUT2D eigenvalue weighted by molar-refractivity contribution is -0.159. The van der Waals surface area contributed by atoms with Crippen molar-refractivity contribution >= 4 is 11.9 Å². The number of esters is 1. The number of aliphatic hydroxyl groups excluding tert-OH is 1. The summed E-state index contributed by atoms with van der Waals surface area (Å²) in [7, 11) is 1.11. The maximum atomic E-state index is 11.5. The van der Waals surface area contributed by atoms with Crippen LogP contribution in [0.4, 0.5) is 0 Å². The number of carbonyl (C=O) groups excluding carboxylic acids is 1. The summed E-state index contributed by atoms with van der Waals surface area (Å²) in [6.07, 6.45) is 0.261. The number of aliphatic hydroxyl groups is 1. The zero-order valence-electron chi connectivity index (χ0n) is 9.60. The first-order valence-electron chi connectivity index (χ1n) is 4.98. The molecule has 94 valence electrons. The van der Waals surface area contributed by atoms with Gasteiger partial charge in [-0.15, -0.1) is 0 Å². The maximum Gasteiger partial charge on any atom is 0.330 e. The average Bonchev–Trinajstić information content (AvgIpc) is 2.76. The van der Waals surface area contributed by atoms with Gasteiger partial charge >= 0.3 is 11.9 Å². The number of ether oxygens (including phenoxy) is 1. The van der Waals surface area contributed by atoms with Gasteiger partial charge in [-0.05, 0) is 19.1 Å². The molecule has 1 aromatic heterocycles. The third-order valence-electron chi connectivity index (χ3n) is 2.53. The number of carboxylic acids is 1. The van der Waals surface area contributed by atoms with Gasteiger partial charge in [0.15, 0.2) is 0 Å². The van der Waals surface area contributed by atoms with E-state index in [-0.39, 0.29) is 18.8 Å². The van der Waals surface area contributed by atoms with Crippen LogP contribution < -0.4 is 0 Å². The Morgan fingerprint density at radius 2 is 2.12 bits per heavy atom. The van der Waals surface area contributed by atoms with Gasteiger partial charge in [-0.3, -0.25) is 9.59 Å². The van der Waals surface area contributed by atoms with E-state index in [1.54, 1.807) is 0 Å². The Balaban J connectivity index is 3.14. The number of carbonyl (C=O) groups is 2. The molecule has 1 rings (SSSR count). The molecule has 17 heavy (non-hydrogen) atoms. The Labute approximate surface area is 97.8 Å². The summed E-state index contributed by atoms with van der Waals surface area (Å²) in [4.78, 5) is 22.7. The molecule has 6 heteroatoms. The highest BCUT2D eigenvalue weighted by molar-refractivity contribution is 6.04. The highest BCUT2D eigenvalue weighted by Crippen LogP contribution is 2.27. The van der Waals surface area contributed by atoms with Crippen molar-refractivity contribution in [2.75, 3.05) is 13.7 Å². The molecule has 1 heterocycles. The molecular weight excluding hydrogens is 228 g/mol. The summed E-state index contributed by atoms with van der Waals surface area (Å²) in [5.41, 5.74) is -1.87. The van der Waals surface area contributed by atoms with Crippen LogP contribution in [0, 0.1) is 0 Å². The summed E-state index contributed by atoms with van der Waals surface area (Å²) in [5, 5.41) is 17.8. The molecule has 2 N–H and O–H groups in total. The lowest BCUT2D eigenvalue weighted by atomic mass is 9.88. The summed E-state index contributed by atoms with van der Waals surface area (Å²) in [5.74, 6) is -1.86. The molecule has 6 nitrogen and oxygen atoms in total. The topological polar surface area (TPSA) is 97.0 Å². The number of hydrogen-bond acceptors (Lipinski definition) is 5. The summed E-state index contributed by atoms with van der Waals surface area (Å²) in [6.45, 7) is 1.09. The minimum absolute atomic E-state index is 0.0136. The fourth-order valence-electron chi connectivity index (χ4n) is 1.39. The van der Waals surface area contributed by atoms with Crippen LogP contribution >= 0.6 is 0 Å². The number of methoxy groups -OCH3 is 1. The molecule has 0 spiro atoms. The van der Waals surface area contributed by atoms with Crippen molar-refractivity contribution in [1.82, 2.24) is 0 Å². The van der Waals surface area contributed by atoms with Gasteiger partial charge in [0.2, 0.25) is 5.41 Å². The molecule has 1 aromatic rings. The minimum atomic E-state index is -1.87. The van der Waals surface area contributed by atoms with Crippen molar-refractivity contribution in [3.8, 4) is 0 Å². The minimum Gasteiger partial charge on any atom is -0.480 e. The van der Waals surface area contributed by atoms with Gasteiger partial charge in [0.25, 0.3) is 0 Å². The zero-order valence-corrected chi connectivity index (χ0v) is 9.60. The lowest BCUT2D eigenvalue weighted by Crippen LogP contribution is -2.41. The molecule has 0 saturated carbocycles. The Kier molecular flexibility index (Phi) is 3.90. The predicted molar refractivity (Wildman–Crippen MR) is 56.5 cm³/mol. The predicted octanol–water partition coefficient (Wildman–Crippen LogP) is 0.330. The van der Waals surface area contributed by atoms with E-state index in [2.05, 4.69) is 4.74 Å². The van der Waals surface area contributed by atoms with E-state index in [4.69, 9.17) is 14.6 Å². The van der Waals surface area contributed by atoms with Gasteiger partial charge in [0.05, 0.1) is 13.7 Å². The molecule has 0 aliphatic carbocycles. The van der Waals surface area contributed by atoms with Gasteiger partial charge in [-0.25, -0.2) is 0 Å². The Bertz CT molecular complexity index is 421. The SMILES string of the molecule is COC(=O)C(C)(C(=O)O)c1ccc(CCO)o1. The largest absolute Gasteiger partial charge is 0.480 e. The van der Waals surface area contributed by atoms with Crippen LogP contribution in [-0.4, -0.2) is 35.9 Å². The van der Waals surface area contributed by atoms with Crippen molar-refractivity contribution in [1.29, 1.82) is 0 Å².